The highest BCUT2D eigenvalue weighted by atomic mass is 16.7. The minimum absolute atomic E-state index is 0.0513. The van der Waals surface area contributed by atoms with Crippen LogP contribution >= 0.6 is 0 Å². The van der Waals surface area contributed by atoms with E-state index in [1.807, 2.05) is 38.9 Å². The largest absolute Gasteiger partial charge is 0.461 e. The number of hydrogen-bond donors (Lipinski definition) is 13. The number of carbonyl (C=O) groups excluding carboxylic acids is 5. The molecular formula is C67H103N5O19. The fraction of sp³-hybridized carbons (Fsp3) is 0.627. The quantitative estimate of drug-likeness (QED) is 0.0784. The lowest BCUT2D eigenvalue weighted by Crippen LogP contribution is -2.64. The number of likely N-dealkylation sites (N-methyl/N-ethyl adjacent to an activating group) is 2. The van der Waals surface area contributed by atoms with E-state index in [4.69, 9.17) is 18.9 Å². The van der Waals surface area contributed by atoms with Gasteiger partial charge in [0.05, 0.1) is 86.0 Å². The molecule has 91 heavy (non-hydrogen) atoms. The smallest absolute Gasteiger partial charge is 0.308 e. The van der Waals surface area contributed by atoms with Gasteiger partial charge < -0.3 is 95.8 Å². The molecule has 3 heterocycles. The maximum atomic E-state index is 14.0. The molecule has 0 spiro atoms. The molecule has 2 bridgehead atoms. The summed E-state index contributed by atoms with van der Waals surface area (Å²) in [6, 6.07) is 5.68. The first-order valence-corrected chi connectivity index (χ1v) is 31.5. The highest BCUT2D eigenvalue weighted by Crippen LogP contribution is 2.38. The first-order chi connectivity index (χ1) is 43.1. The number of ketones is 2. The Morgan fingerprint density at radius 1 is 0.703 bits per heavy atom. The summed E-state index contributed by atoms with van der Waals surface area (Å²) in [5.74, 6) is -7.10. The van der Waals surface area contributed by atoms with Crippen molar-refractivity contribution in [3.63, 3.8) is 0 Å². The van der Waals surface area contributed by atoms with E-state index in [2.05, 4.69) is 16.0 Å². The van der Waals surface area contributed by atoms with E-state index >= 15 is 0 Å². The van der Waals surface area contributed by atoms with Gasteiger partial charge in [-0.1, -0.05) is 98.9 Å². The van der Waals surface area contributed by atoms with Crippen molar-refractivity contribution in [2.75, 3.05) is 60.2 Å². The number of fused-ring (bicyclic) bond motifs is 2. The van der Waals surface area contributed by atoms with Gasteiger partial charge in [-0.25, -0.2) is 0 Å². The number of esters is 1. The molecule has 2 fully saturated rings. The van der Waals surface area contributed by atoms with Gasteiger partial charge in [-0.2, -0.15) is 0 Å². The molecule has 1 aromatic carbocycles. The van der Waals surface area contributed by atoms with E-state index < -0.39 is 178 Å². The van der Waals surface area contributed by atoms with Crippen molar-refractivity contribution < 1.29 is 94.0 Å². The first-order valence-electron chi connectivity index (χ1n) is 31.5. The van der Waals surface area contributed by atoms with Gasteiger partial charge >= 0.3 is 5.97 Å². The number of ether oxygens (including phenoxy) is 4. The molecule has 6 unspecified atom stereocenters. The molecule has 24 nitrogen and oxygen atoms in total. The number of carbonyl (C=O) groups is 5. The third-order valence-electron chi connectivity index (χ3n) is 16.0. The van der Waals surface area contributed by atoms with Crippen molar-refractivity contribution in [1.82, 2.24) is 20.4 Å². The highest BCUT2D eigenvalue weighted by molar-refractivity contribution is 5.96. The molecule has 3 aliphatic rings. The lowest BCUT2D eigenvalue weighted by molar-refractivity contribution is -0.307. The summed E-state index contributed by atoms with van der Waals surface area (Å²) in [5.41, 5.74) is 1.30. The van der Waals surface area contributed by atoms with Crippen LogP contribution in [0.3, 0.4) is 0 Å². The molecule has 24 heteroatoms. The van der Waals surface area contributed by atoms with E-state index in [1.54, 1.807) is 129 Å². The Labute approximate surface area is 535 Å². The predicted molar refractivity (Wildman–Crippen MR) is 342 cm³/mol. The summed E-state index contributed by atoms with van der Waals surface area (Å²) < 4.78 is 24.6. The van der Waals surface area contributed by atoms with Crippen LogP contribution in [0.1, 0.15) is 108 Å². The second-order valence-corrected chi connectivity index (χ2v) is 24.9. The molecular weight excluding hydrogens is 1180 g/mol. The van der Waals surface area contributed by atoms with Crippen molar-refractivity contribution >= 4 is 35.0 Å². The molecule has 0 radical (unpaired) electrons. The van der Waals surface area contributed by atoms with Crippen LogP contribution in [0, 0.1) is 17.8 Å². The molecule has 4 rings (SSSR count). The molecule has 0 saturated carbocycles. The van der Waals surface area contributed by atoms with Crippen molar-refractivity contribution in [2.45, 2.75) is 195 Å². The van der Waals surface area contributed by atoms with Crippen molar-refractivity contribution in [3.8, 4) is 0 Å². The van der Waals surface area contributed by atoms with Gasteiger partial charge in [0.2, 0.25) is 11.8 Å². The Balaban J connectivity index is 1.62. The maximum Gasteiger partial charge on any atom is 0.308 e. The third kappa shape index (κ3) is 28.6. The average molecular weight is 1280 g/mol. The molecule has 0 aliphatic carbocycles. The van der Waals surface area contributed by atoms with E-state index in [1.165, 1.54) is 6.92 Å². The number of aliphatic hydroxyl groups is 10. The Morgan fingerprint density at radius 3 is 1.87 bits per heavy atom. The molecule has 510 valence electrons. The van der Waals surface area contributed by atoms with E-state index in [9.17, 15) is 75.0 Å². The Bertz CT molecular complexity index is 2610. The van der Waals surface area contributed by atoms with Crippen LogP contribution in [-0.2, 0) is 38.1 Å². The first kappa shape index (κ1) is 77.8. The summed E-state index contributed by atoms with van der Waals surface area (Å²) in [7, 11) is 8.75. The molecule has 2 amide bonds. The molecule has 2 saturated heterocycles. The van der Waals surface area contributed by atoms with Crippen LogP contribution in [0.15, 0.2) is 109 Å². The van der Waals surface area contributed by atoms with Gasteiger partial charge in [-0.3, -0.25) is 24.0 Å². The Hall–Kier alpha value is -5.65. The summed E-state index contributed by atoms with van der Waals surface area (Å²) in [5, 5.41) is 121. The number of Topliss-reactive ketones (excluding diaryl/α,β-unsaturated/α-hetero) is 2. The predicted octanol–water partition coefficient (Wildman–Crippen LogP) is 2.06. The molecule has 19 atom stereocenters. The van der Waals surface area contributed by atoms with Gasteiger partial charge in [0, 0.05) is 75.8 Å². The van der Waals surface area contributed by atoms with E-state index in [-0.39, 0.29) is 50.0 Å². The Kier molecular flexibility index (Phi) is 34.0. The van der Waals surface area contributed by atoms with E-state index in [0.29, 0.717) is 18.5 Å². The van der Waals surface area contributed by atoms with Gasteiger partial charge in [0.25, 0.3) is 0 Å². The number of amides is 2. The van der Waals surface area contributed by atoms with E-state index in [0.717, 1.165) is 5.69 Å². The van der Waals surface area contributed by atoms with Crippen LogP contribution in [0.5, 0.6) is 0 Å². The topological polar surface area (TPSA) is 367 Å². The van der Waals surface area contributed by atoms with Gasteiger partial charge in [0.1, 0.15) is 24.1 Å². The normalized spacial score (nSPS) is 34.9. The zero-order valence-electron chi connectivity index (χ0n) is 53.9. The molecule has 3 aliphatic heterocycles. The SMILES string of the molecule is CNc1ccc(C(=O)CC(O)CC[C@H](C)[C@H]2OC(=O)C[C@H](O)CC(=O)CC(O)CC(O)CC(O)CC(O)C[C@]3(O)C[C@H](O)[C@@H](C(=O)NCCN(C)C)[C@H](C[C@@H](O[C@@H]4OC(C)[C@@H](O)[C@H](NC(=O)CN(C)C)[C@@H]4O)/C=C/C=C/C=C/C=C/C=C/C=C/C=C\[C@@H]2C)O3)cc1. The van der Waals surface area contributed by atoms with Gasteiger partial charge in [0.15, 0.2) is 17.9 Å². The summed E-state index contributed by atoms with van der Waals surface area (Å²) in [6.07, 6.45) is 2.19. The fourth-order valence-corrected chi connectivity index (χ4v) is 11.3. The lowest BCUT2D eigenvalue weighted by Gasteiger charge is -2.46. The van der Waals surface area contributed by atoms with Crippen LogP contribution in [-0.4, -0.2) is 243 Å². The number of hydrogen-bond acceptors (Lipinski definition) is 22. The van der Waals surface area contributed by atoms with Crippen molar-refractivity contribution in [3.05, 3.63) is 115 Å². The van der Waals surface area contributed by atoms with Crippen molar-refractivity contribution in [2.24, 2.45) is 17.8 Å². The second-order valence-electron chi connectivity index (χ2n) is 24.9. The number of benzene rings is 1. The van der Waals surface area contributed by atoms with Gasteiger partial charge in [-0.05, 0) is 97.4 Å². The third-order valence-corrected chi connectivity index (χ3v) is 16.0. The number of anilines is 1. The maximum absolute atomic E-state index is 14.0. The Morgan fingerprint density at radius 2 is 1.27 bits per heavy atom. The summed E-state index contributed by atoms with van der Waals surface area (Å²) in [4.78, 5) is 69.8. The van der Waals surface area contributed by atoms with Crippen LogP contribution < -0.4 is 16.0 Å². The minimum Gasteiger partial charge on any atom is -0.461 e. The lowest BCUT2D eigenvalue weighted by atomic mass is 9.82. The van der Waals surface area contributed by atoms with Gasteiger partial charge in [-0.15, -0.1) is 0 Å². The number of cyclic esters (lactones) is 1. The summed E-state index contributed by atoms with van der Waals surface area (Å²) >= 11 is 0. The summed E-state index contributed by atoms with van der Waals surface area (Å²) in [6.45, 7) is 5.81. The molecule has 0 aromatic heterocycles. The second kappa shape index (κ2) is 39.8. The number of rotatable bonds is 17. The molecule has 1 aromatic rings. The number of allylic oxidation sites excluding steroid dienone is 12. The monoisotopic (exact) mass is 1280 g/mol. The number of nitrogens with one attached hydrogen (secondary N) is 3. The highest BCUT2D eigenvalue weighted by Gasteiger charge is 2.51. The zero-order chi connectivity index (χ0) is 67.4. The standard InChI is InChI=1S/C67H103N5O19/c1-42-21-19-17-15-13-11-9-10-12-14-16-18-20-22-54(89-66-63(85)61(62(84)44(3)88-66)70-58(82)41-72(7)8)38-57-60(65(86)69-29-30-71(5)6)56(81)40-67(87,91-57)39-53(79)35-51(77)33-49(75)31-48(74)32-50(76)34-52(78)37-59(83)90-64(42)43(2)23-28-47(73)36-55(80)45-24-26-46(68-4)27-25-45/h9-22,24-27,42-44,47-49,51-54,56-57,60-64,66,68,73-75,77-79,81,84-85,87H,23,28-41H2,1-8H3,(H,69,86)(H,70,82)/b10-9+,13-11+,14-12+,17-15+,18-16+,21-19-,22-20+/t42-,43-,44?,47?,48?,49?,51?,52+,53?,54-,56-,57-,60+,61-,62+,63-,64-,66-,67+/m0/s1. The number of aliphatic hydroxyl groups excluding tert-OH is 9. The zero-order valence-corrected chi connectivity index (χ0v) is 53.9. The van der Waals surface area contributed by atoms with Crippen molar-refractivity contribution in [1.29, 1.82) is 0 Å². The van der Waals surface area contributed by atoms with Crippen LogP contribution in [0.4, 0.5) is 5.69 Å². The minimum atomic E-state index is -2.32. The fourth-order valence-electron chi connectivity index (χ4n) is 11.3. The average Bonchev–Trinajstić information content (AvgIpc) is 0.818. The number of nitrogens with zero attached hydrogens (tertiary/aromatic N) is 2. The van der Waals surface area contributed by atoms with Crippen LogP contribution in [0.2, 0.25) is 0 Å². The van der Waals surface area contributed by atoms with Crippen LogP contribution in [0.25, 0.3) is 0 Å². The molecule has 13 N–H and O–H groups in total.